The molecule has 0 heterocycles. The quantitative estimate of drug-likeness (QED) is 0.711. The zero-order chi connectivity index (χ0) is 12.5. The third kappa shape index (κ3) is 5.88. The highest BCUT2D eigenvalue weighted by Gasteiger charge is 1.99. The Balaban J connectivity index is 2.53. The molecule has 1 rings (SSSR count). The van der Waals surface area contributed by atoms with Gasteiger partial charge in [-0.2, -0.15) is 0 Å². The van der Waals surface area contributed by atoms with Crippen LogP contribution in [0.25, 0.3) is 6.08 Å². The van der Waals surface area contributed by atoms with Crippen LogP contribution in [-0.2, 0) is 11.2 Å². The minimum absolute atomic E-state index is 0.187. The molecule has 2 N–H and O–H groups in total. The number of aliphatic carboxylic acids is 1. The Bertz CT molecular complexity index is 386. The molecule has 0 saturated heterocycles. The molecule has 0 radical (unpaired) electrons. The summed E-state index contributed by atoms with van der Waals surface area (Å²) in [5, 5.41) is 11.7. The lowest BCUT2D eigenvalue weighted by Crippen LogP contribution is -2.05. The van der Waals surface area contributed by atoms with E-state index >= 15 is 0 Å². The first kappa shape index (κ1) is 13.5. The molecule has 1 aromatic carbocycles. The van der Waals surface area contributed by atoms with E-state index in [1.54, 1.807) is 0 Å². The SMILES string of the molecule is CNCCC=Cc1cccc(CCC(=O)O)c1. The summed E-state index contributed by atoms with van der Waals surface area (Å²) in [7, 11) is 1.93. The molecule has 0 bridgehead atoms. The zero-order valence-corrected chi connectivity index (χ0v) is 10.1. The molecule has 0 atom stereocenters. The summed E-state index contributed by atoms with van der Waals surface area (Å²) in [4.78, 5) is 10.5. The fraction of sp³-hybridized carbons (Fsp3) is 0.357. The largest absolute Gasteiger partial charge is 0.481 e. The first-order chi connectivity index (χ1) is 8.22. The molecule has 0 saturated carbocycles. The molecule has 0 amide bonds. The van der Waals surface area contributed by atoms with Crippen molar-refractivity contribution in [1.29, 1.82) is 0 Å². The van der Waals surface area contributed by atoms with Crippen molar-refractivity contribution >= 4 is 12.0 Å². The Hall–Kier alpha value is -1.61. The van der Waals surface area contributed by atoms with Crippen LogP contribution in [0.4, 0.5) is 0 Å². The molecule has 92 valence electrons. The molecule has 0 aromatic heterocycles. The molecule has 0 aliphatic rings. The lowest BCUT2D eigenvalue weighted by Gasteiger charge is -2.00. The molecule has 0 spiro atoms. The van der Waals surface area contributed by atoms with Gasteiger partial charge in [0.2, 0.25) is 0 Å². The number of benzene rings is 1. The number of hydrogen-bond acceptors (Lipinski definition) is 2. The van der Waals surface area contributed by atoms with Crippen molar-refractivity contribution in [3.05, 3.63) is 41.5 Å². The predicted octanol–water partition coefficient (Wildman–Crippen LogP) is 2.33. The summed E-state index contributed by atoms with van der Waals surface area (Å²) in [6.07, 6.45) is 5.96. The van der Waals surface area contributed by atoms with E-state index in [9.17, 15) is 4.79 Å². The van der Waals surface area contributed by atoms with Gasteiger partial charge in [-0.15, -0.1) is 0 Å². The topological polar surface area (TPSA) is 49.3 Å². The Morgan fingerprint density at radius 1 is 1.47 bits per heavy atom. The van der Waals surface area contributed by atoms with Crippen LogP contribution in [-0.4, -0.2) is 24.7 Å². The summed E-state index contributed by atoms with van der Waals surface area (Å²) in [6, 6.07) is 8.00. The highest BCUT2D eigenvalue weighted by atomic mass is 16.4. The first-order valence-corrected chi connectivity index (χ1v) is 5.84. The Morgan fingerprint density at radius 2 is 2.29 bits per heavy atom. The van der Waals surface area contributed by atoms with Gasteiger partial charge in [0, 0.05) is 6.42 Å². The van der Waals surface area contributed by atoms with Crippen LogP contribution in [0.1, 0.15) is 24.0 Å². The average molecular weight is 233 g/mol. The molecule has 17 heavy (non-hydrogen) atoms. The van der Waals surface area contributed by atoms with Gasteiger partial charge in [-0.05, 0) is 37.6 Å². The van der Waals surface area contributed by atoms with Crippen molar-refractivity contribution < 1.29 is 9.90 Å². The second kappa shape index (κ2) is 7.63. The summed E-state index contributed by atoms with van der Waals surface area (Å²) in [5.74, 6) is -0.750. The van der Waals surface area contributed by atoms with E-state index in [0.717, 1.165) is 24.1 Å². The van der Waals surface area contributed by atoms with Crippen LogP contribution >= 0.6 is 0 Å². The Morgan fingerprint density at radius 3 is 3.00 bits per heavy atom. The Labute approximate surface area is 102 Å². The van der Waals surface area contributed by atoms with E-state index < -0.39 is 5.97 Å². The van der Waals surface area contributed by atoms with E-state index in [1.807, 2.05) is 31.3 Å². The third-order valence-corrected chi connectivity index (χ3v) is 2.45. The Kier molecular flexibility index (Phi) is 6.04. The van der Waals surface area contributed by atoms with Gasteiger partial charge in [0.15, 0.2) is 0 Å². The average Bonchev–Trinajstić information content (AvgIpc) is 2.33. The number of rotatable bonds is 7. The number of hydrogen-bond donors (Lipinski definition) is 2. The molecule has 0 fully saturated rings. The minimum atomic E-state index is -0.750. The van der Waals surface area contributed by atoms with Crippen molar-refractivity contribution in [3.8, 4) is 0 Å². The van der Waals surface area contributed by atoms with Gasteiger partial charge in [0.1, 0.15) is 0 Å². The van der Waals surface area contributed by atoms with Gasteiger partial charge in [0.25, 0.3) is 0 Å². The fourth-order valence-corrected chi connectivity index (χ4v) is 1.55. The van der Waals surface area contributed by atoms with Crippen LogP contribution in [0.5, 0.6) is 0 Å². The molecular weight excluding hydrogens is 214 g/mol. The van der Waals surface area contributed by atoms with Crippen molar-refractivity contribution in [2.45, 2.75) is 19.3 Å². The third-order valence-electron chi connectivity index (χ3n) is 2.45. The summed E-state index contributed by atoms with van der Waals surface area (Å²) in [6.45, 7) is 0.967. The van der Waals surface area contributed by atoms with Crippen LogP contribution in [0.3, 0.4) is 0 Å². The van der Waals surface area contributed by atoms with E-state index in [4.69, 9.17) is 5.11 Å². The van der Waals surface area contributed by atoms with E-state index in [1.165, 1.54) is 0 Å². The maximum atomic E-state index is 10.5. The smallest absolute Gasteiger partial charge is 0.303 e. The molecular formula is C14H19NO2. The zero-order valence-electron chi connectivity index (χ0n) is 10.1. The van der Waals surface area contributed by atoms with Crippen molar-refractivity contribution in [2.75, 3.05) is 13.6 Å². The number of aryl methyl sites for hydroxylation is 1. The highest BCUT2D eigenvalue weighted by Crippen LogP contribution is 2.09. The minimum Gasteiger partial charge on any atom is -0.481 e. The van der Waals surface area contributed by atoms with E-state index in [0.29, 0.717) is 6.42 Å². The van der Waals surface area contributed by atoms with Crippen LogP contribution in [0, 0.1) is 0 Å². The molecule has 0 aliphatic carbocycles. The maximum absolute atomic E-state index is 10.5. The van der Waals surface area contributed by atoms with Gasteiger partial charge < -0.3 is 10.4 Å². The molecule has 3 heteroatoms. The maximum Gasteiger partial charge on any atom is 0.303 e. The van der Waals surface area contributed by atoms with E-state index in [2.05, 4.69) is 17.5 Å². The summed E-state index contributed by atoms with van der Waals surface area (Å²) >= 11 is 0. The number of nitrogens with one attached hydrogen (secondary N) is 1. The summed E-state index contributed by atoms with van der Waals surface area (Å²) in [5.41, 5.74) is 2.20. The lowest BCUT2D eigenvalue weighted by molar-refractivity contribution is -0.136. The second-order valence-electron chi connectivity index (χ2n) is 3.93. The number of carbonyl (C=O) groups is 1. The highest BCUT2D eigenvalue weighted by molar-refractivity contribution is 5.67. The fourth-order valence-electron chi connectivity index (χ4n) is 1.55. The number of carboxylic acids is 1. The normalized spacial score (nSPS) is 10.9. The standard InChI is InChI=1S/C14H19NO2/c1-15-10-3-2-5-12-6-4-7-13(11-12)8-9-14(16)17/h2,4-7,11,15H,3,8-10H2,1H3,(H,16,17). The van der Waals surface area contributed by atoms with Crippen LogP contribution < -0.4 is 5.32 Å². The molecule has 1 aromatic rings. The second-order valence-corrected chi connectivity index (χ2v) is 3.93. The van der Waals surface area contributed by atoms with Crippen LogP contribution in [0.15, 0.2) is 30.3 Å². The molecule has 0 aliphatic heterocycles. The molecule has 3 nitrogen and oxygen atoms in total. The van der Waals surface area contributed by atoms with Crippen molar-refractivity contribution in [3.63, 3.8) is 0 Å². The van der Waals surface area contributed by atoms with E-state index in [-0.39, 0.29) is 6.42 Å². The first-order valence-electron chi connectivity index (χ1n) is 5.84. The van der Waals surface area contributed by atoms with Gasteiger partial charge in [0.05, 0.1) is 0 Å². The number of carboxylic acid groups (broad SMARTS) is 1. The van der Waals surface area contributed by atoms with Gasteiger partial charge in [-0.25, -0.2) is 0 Å². The molecule has 0 unspecified atom stereocenters. The van der Waals surface area contributed by atoms with Gasteiger partial charge in [-0.1, -0.05) is 36.4 Å². The van der Waals surface area contributed by atoms with Gasteiger partial charge >= 0.3 is 5.97 Å². The van der Waals surface area contributed by atoms with Crippen molar-refractivity contribution in [2.24, 2.45) is 0 Å². The summed E-state index contributed by atoms with van der Waals surface area (Å²) < 4.78 is 0. The predicted molar refractivity (Wildman–Crippen MR) is 70.0 cm³/mol. The lowest BCUT2D eigenvalue weighted by atomic mass is 10.1. The van der Waals surface area contributed by atoms with Crippen LogP contribution in [0.2, 0.25) is 0 Å². The van der Waals surface area contributed by atoms with Gasteiger partial charge in [-0.3, -0.25) is 4.79 Å². The monoisotopic (exact) mass is 233 g/mol. The van der Waals surface area contributed by atoms with Crippen molar-refractivity contribution in [1.82, 2.24) is 5.32 Å².